The number of aliphatic hydroxyl groups excluding tert-OH is 1. The Labute approximate surface area is 107 Å². The highest BCUT2D eigenvalue weighted by atomic mass is 35.5. The molecule has 1 N–H and O–H groups in total. The third-order valence-electron chi connectivity index (χ3n) is 3.01. The topological polar surface area (TPSA) is 32.7 Å². The van der Waals surface area contributed by atoms with E-state index in [0.717, 1.165) is 37.4 Å². The van der Waals surface area contributed by atoms with Crippen molar-refractivity contribution in [3.8, 4) is 0 Å². The Morgan fingerprint density at radius 2 is 2.35 bits per heavy atom. The molecule has 0 bridgehead atoms. The monoisotopic (exact) mass is 255 g/mol. The van der Waals surface area contributed by atoms with Gasteiger partial charge in [0.25, 0.3) is 0 Å². The van der Waals surface area contributed by atoms with Gasteiger partial charge in [0.05, 0.1) is 12.7 Å². The summed E-state index contributed by atoms with van der Waals surface area (Å²) in [5, 5.41) is 10.1. The fraction of sp³-hybridized carbons (Fsp3) is 0.538. The van der Waals surface area contributed by atoms with E-state index in [2.05, 4.69) is 11.8 Å². The van der Waals surface area contributed by atoms with Crippen LogP contribution in [0.4, 0.5) is 5.69 Å². The van der Waals surface area contributed by atoms with E-state index in [9.17, 15) is 5.11 Å². The lowest BCUT2D eigenvalue weighted by Crippen LogP contribution is -2.30. The van der Waals surface area contributed by atoms with E-state index in [-0.39, 0.29) is 12.7 Å². The van der Waals surface area contributed by atoms with Crippen molar-refractivity contribution < 1.29 is 9.84 Å². The fourth-order valence-electron chi connectivity index (χ4n) is 2.18. The quantitative estimate of drug-likeness (QED) is 0.881. The Kier molecular flexibility index (Phi) is 4.26. The summed E-state index contributed by atoms with van der Waals surface area (Å²) in [7, 11) is 0. The molecule has 0 radical (unpaired) electrons. The van der Waals surface area contributed by atoms with Crippen molar-refractivity contribution in [2.75, 3.05) is 24.6 Å². The first-order valence-corrected chi connectivity index (χ1v) is 6.34. The van der Waals surface area contributed by atoms with Crippen molar-refractivity contribution in [3.05, 3.63) is 28.8 Å². The first-order valence-electron chi connectivity index (χ1n) is 5.96. The van der Waals surface area contributed by atoms with Crippen LogP contribution < -0.4 is 4.90 Å². The normalized spacial score (nSPS) is 21.4. The van der Waals surface area contributed by atoms with Gasteiger partial charge in [0, 0.05) is 36.0 Å². The highest BCUT2D eigenvalue weighted by Crippen LogP contribution is 2.26. The zero-order chi connectivity index (χ0) is 12.3. The molecule has 3 nitrogen and oxygen atoms in total. The molecule has 1 atom stereocenters. The Hall–Kier alpha value is -0.770. The predicted molar refractivity (Wildman–Crippen MR) is 69.6 cm³/mol. The molecular weight excluding hydrogens is 238 g/mol. The number of nitrogens with zero attached hydrogens (tertiary/aromatic N) is 1. The van der Waals surface area contributed by atoms with Gasteiger partial charge in [-0.2, -0.15) is 0 Å². The maximum atomic E-state index is 9.38. The van der Waals surface area contributed by atoms with Gasteiger partial charge in [-0.25, -0.2) is 0 Å². The minimum atomic E-state index is 0.0399. The highest BCUT2D eigenvalue weighted by Gasteiger charge is 2.17. The summed E-state index contributed by atoms with van der Waals surface area (Å²) in [4.78, 5) is 2.25. The van der Waals surface area contributed by atoms with Gasteiger partial charge in [0.15, 0.2) is 0 Å². The van der Waals surface area contributed by atoms with E-state index in [4.69, 9.17) is 16.3 Å². The number of hydrogen-bond donors (Lipinski definition) is 1. The molecule has 2 rings (SSSR count). The van der Waals surface area contributed by atoms with Gasteiger partial charge < -0.3 is 14.7 Å². The molecule has 1 aromatic carbocycles. The number of hydrogen-bond acceptors (Lipinski definition) is 3. The number of anilines is 1. The summed E-state index contributed by atoms with van der Waals surface area (Å²) in [6.45, 7) is 4.69. The van der Waals surface area contributed by atoms with E-state index in [1.54, 1.807) is 0 Å². The Morgan fingerprint density at radius 1 is 1.53 bits per heavy atom. The van der Waals surface area contributed by atoms with Crippen molar-refractivity contribution in [1.29, 1.82) is 0 Å². The van der Waals surface area contributed by atoms with Crippen LogP contribution in [-0.2, 0) is 11.3 Å². The summed E-state index contributed by atoms with van der Waals surface area (Å²) in [6.07, 6.45) is 1.21. The minimum Gasteiger partial charge on any atom is -0.392 e. The molecule has 0 amide bonds. The summed E-state index contributed by atoms with van der Waals surface area (Å²) in [5.74, 6) is 0. The van der Waals surface area contributed by atoms with Crippen LogP contribution in [0.15, 0.2) is 18.2 Å². The number of halogens is 1. The van der Waals surface area contributed by atoms with Crippen molar-refractivity contribution in [3.63, 3.8) is 0 Å². The van der Waals surface area contributed by atoms with Gasteiger partial charge in [-0.15, -0.1) is 0 Å². The lowest BCUT2D eigenvalue weighted by atomic mass is 10.1. The van der Waals surface area contributed by atoms with Crippen LogP contribution in [-0.4, -0.2) is 30.9 Å². The van der Waals surface area contributed by atoms with Gasteiger partial charge in [0.2, 0.25) is 0 Å². The molecule has 1 saturated heterocycles. The van der Waals surface area contributed by atoms with Crippen LogP contribution in [0, 0.1) is 0 Å². The molecule has 1 unspecified atom stereocenters. The molecule has 0 spiro atoms. The van der Waals surface area contributed by atoms with E-state index in [1.807, 2.05) is 18.2 Å². The lowest BCUT2D eigenvalue weighted by Gasteiger charge is -2.26. The van der Waals surface area contributed by atoms with Crippen LogP contribution in [0.25, 0.3) is 0 Å². The average Bonchev–Trinajstić information content (AvgIpc) is 2.54. The largest absolute Gasteiger partial charge is 0.392 e. The Bertz CT molecular complexity index is 384. The first-order chi connectivity index (χ1) is 8.20. The first kappa shape index (κ1) is 12.7. The number of benzene rings is 1. The Morgan fingerprint density at radius 3 is 3.12 bits per heavy atom. The van der Waals surface area contributed by atoms with Crippen LogP contribution in [0.3, 0.4) is 0 Å². The second kappa shape index (κ2) is 5.71. The summed E-state index contributed by atoms with van der Waals surface area (Å²) < 4.78 is 5.62. The molecular formula is C13H18ClNO2. The average molecular weight is 256 g/mol. The van der Waals surface area contributed by atoms with Crippen LogP contribution in [0.2, 0.25) is 5.02 Å². The maximum absolute atomic E-state index is 9.38. The number of aliphatic hydroxyl groups is 1. The van der Waals surface area contributed by atoms with Gasteiger partial charge in [-0.05, 0) is 25.5 Å². The molecule has 0 saturated carbocycles. The maximum Gasteiger partial charge on any atom is 0.0721 e. The van der Waals surface area contributed by atoms with Crippen molar-refractivity contribution in [2.45, 2.75) is 26.1 Å². The molecule has 1 aliphatic heterocycles. The van der Waals surface area contributed by atoms with Gasteiger partial charge >= 0.3 is 0 Å². The molecule has 1 fully saturated rings. The van der Waals surface area contributed by atoms with Gasteiger partial charge in [-0.3, -0.25) is 0 Å². The molecule has 0 aliphatic carbocycles. The lowest BCUT2D eigenvalue weighted by molar-refractivity contribution is 0.0820. The summed E-state index contributed by atoms with van der Waals surface area (Å²) >= 11 is 6.03. The molecule has 1 aliphatic rings. The second-order valence-corrected chi connectivity index (χ2v) is 4.85. The summed E-state index contributed by atoms with van der Waals surface area (Å²) in [6, 6.07) is 5.62. The van der Waals surface area contributed by atoms with E-state index >= 15 is 0 Å². The van der Waals surface area contributed by atoms with Crippen LogP contribution in [0.1, 0.15) is 18.9 Å². The van der Waals surface area contributed by atoms with Crippen LogP contribution >= 0.6 is 11.6 Å². The number of rotatable bonds is 2. The van der Waals surface area contributed by atoms with Crippen LogP contribution in [0.5, 0.6) is 0 Å². The Balaban J connectivity index is 2.27. The van der Waals surface area contributed by atoms with Crippen molar-refractivity contribution in [2.24, 2.45) is 0 Å². The standard InChI is InChI=1S/C13H18ClNO2/c1-10-8-15(5-2-6-17-10)13-7-12(14)4-3-11(13)9-16/h3-4,7,10,16H,2,5-6,8-9H2,1H3. The molecule has 1 heterocycles. The third-order valence-corrected chi connectivity index (χ3v) is 3.25. The third kappa shape index (κ3) is 3.12. The van der Waals surface area contributed by atoms with Crippen molar-refractivity contribution >= 4 is 17.3 Å². The SMILES string of the molecule is CC1CN(c2cc(Cl)ccc2CO)CCCO1. The van der Waals surface area contributed by atoms with E-state index in [0.29, 0.717) is 5.02 Å². The van der Waals surface area contributed by atoms with E-state index in [1.165, 1.54) is 0 Å². The van der Waals surface area contributed by atoms with Gasteiger partial charge in [-0.1, -0.05) is 17.7 Å². The van der Waals surface area contributed by atoms with E-state index < -0.39 is 0 Å². The minimum absolute atomic E-state index is 0.0399. The second-order valence-electron chi connectivity index (χ2n) is 4.41. The van der Waals surface area contributed by atoms with Gasteiger partial charge in [0.1, 0.15) is 0 Å². The molecule has 0 aromatic heterocycles. The molecule has 1 aromatic rings. The summed E-state index contributed by atoms with van der Waals surface area (Å²) in [5.41, 5.74) is 1.95. The van der Waals surface area contributed by atoms with Crippen molar-refractivity contribution in [1.82, 2.24) is 0 Å². The molecule has 4 heteroatoms. The number of ether oxygens (including phenoxy) is 1. The molecule has 17 heavy (non-hydrogen) atoms. The molecule has 94 valence electrons. The zero-order valence-electron chi connectivity index (χ0n) is 10.0. The smallest absolute Gasteiger partial charge is 0.0721 e. The predicted octanol–water partition coefficient (Wildman–Crippen LogP) is 2.45. The fourth-order valence-corrected chi connectivity index (χ4v) is 2.34. The highest BCUT2D eigenvalue weighted by molar-refractivity contribution is 6.30. The zero-order valence-corrected chi connectivity index (χ0v) is 10.8.